The lowest BCUT2D eigenvalue weighted by Crippen LogP contribution is -2.48. The van der Waals surface area contributed by atoms with E-state index in [2.05, 4.69) is 24.5 Å². The molecular formula is C14H26N2O3S. The predicted molar refractivity (Wildman–Crippen MR) is 82.1 cm³/mol. The summed E-state index contributed by atoms with van der Waals surface area (Å²) in [6.07, 6.45) is 6.24. The second-order valence-corrected chi connectivity index (χ2v) is 7.66. The molecule has 0 atom stereocenters. The summed E-state index contributed by atoms with van der Waals surface area (Å²) in [5.41, 5.74) is -0.773. The minimum absolute atomic E-state index is 0.0212. The number of thioether (sulfide) groups is 1. The van der Waals surface area contributed by atoms with Gasteiger partial charge in [0, 0.05) is 17.8 Å². The summed E-state index contributed by atoms with van der Waals surface area (Å²) in [5.74, 6) is -0.790. The first-order valence-corrected chi connectivity index (χ1v) is 8.34. The van der Waals surface area contributed by atoms with Crippen molar-refractivity contribution in [2.24, 2.45) is 5.41 Å². The molecule has 116 valence electrons. The largest absolute Gasteiger partial charge is 0.481 e. The maximum atomic E-state index is 11.8. The first kappa shape index (κ1) is 17.1. The molecule has 0 radical (unpaired) electrons. The van der Waals surface area contributed by atoms with Crippen molar-refractivity contribution >= 4 is 23.8 Å². The van der Waals surface area contributed by atoms with E-state index in [0.29, 0.717) is 19.4 Å². The molecule has 0 heterocycles. The molecule has 0 aromatic heterocycles. The number of nitrogens with one attached hydrogen (secondary N) is 2. The number of hydrogen-bond acceptors (Lipinski definition) is 3. The van der Waals surface area contributed by atoms with E-state index in [0.717, 1.165) is 19.3 Å². The van der Waals surface area contributed by atoms with E-state index in [-0.39, 0.29) is 17.3 Å². The van der Waals surface area contributed by atoms with Gasteiger partial charge >= 0.3 is 12.0 Å². The lowest BCUT2D eigenvalue weighted by atomic mass is 9.74. The molecule has 0 spiro atoms. The third kappa shape index (κ3) is 4.89. The summed E-state index contributed by atoms with van der Waals surface area (Å²) in [6.45, 7) is 4.88. The summed E-state index contributed by atoms with van der Waals surface area (Å²) < 4.78 is -0.0212. The van der Waals surface area contributed by atoms with Gasteiger partial charge in [0.05, 0.1) is 5.41 Å². The number of rotatable bonds is 6. The Hall–Kier alpha value is -0.910. The first-order chi connectivity index (χ1) is 9.31. The molecule has 1 aliphatic carbocycles. The van der Waals surface area contributed by atoms with Gasteiger partial charge in [0.15, 0.2) is 0 Å². The number of aliphatic carboxylic acids is 1. The molecule has 1 saturated carbocycles. The highest BCUT2D eigenvalue weighted by molar-refractivity contribution is 7.99. The van der Waals surface area contributed by atoms with Crippen molar-refractivity contribution in [1.82, 2.24) is 10.6 Å². The van der Waals surface area contributed by atoms with E-state index in [1.807, 2.05) is 6.26 Å². The van der Waals surface area contributed by atoms with Crippen LogP contribution in [0.25, 0.3) is 0 Å². The fourth-order valence-corrected chi connectivity index (χ4v) is 2.59. The maximum absolute atomic E-state index is 11.8. The number of hydrogen-bond donors (Lipinski definition) is 3. The Morgan fingerprint density at radius 3 is 2.30 bits per heavy atom. The van der Waals surface area contributed by atoms with Crippen LogP contribution in [0.5, 0.6) is 0 Å². The van der Waals surface area contributed by atoms with Crippen molar-refractivity contribution in [1.29, 1.82) is 0 Å². The molecule has 0 unspecified atom stereocenters. The smallest absolute Gasteiger partial charge is 0.314 e. The van der Waals surface area contributed by atoms with Crippen LogP contribution in [0.1, 0.15) is 46.0 Å². The zero-order valence-electron chi connectivity index (χ0n) is 12.6. The van der Waals surface area contributed by atoms with E-state index >= 15 is 0 Å². The Bertz CT molecular complexity index is 352. The molecule has 1 aliphatic rings. The molecule has 0 aromatic rings. The average molecular weight is 302 g/mol. The van der Waals surface area contributed by atoms with Crippen LogP contribution in [-0.2, 0) is 4.79 Å². The number of amides is 2. The minimum atomic E-state index is -0.790. The molecule has 0 aliphatic heterocycles. The SMILES string of the molecule is CSC(C)(C)CNC(=O)NCC1(C(=O)O)CCCCC1. The maximum Gasteiger partial charge on any atom is 0.314 e. The van der Waals surface area contributed by atoms with Gasteiger partial charge in [-0.15, -0.1) is 0 Å². The summed E-state index contributed by atoms with van der Waals surface area (Å²) in [7, 11) is 0. The van der Waals surface area contributed by atoms with E-state index < -0.39 is 11.4 Å². The fourth-order valence-electron chi connectivity index (χ4n) is 2.37. The van der Waals surface area contributed by atoms with Gasteiger partial charge in [-0.05, 0) is 32.9 Å². The van der Waals surface area contributed by atoms with Crippen molar-refractivity contribution in [2.75, 3.05) is 19.3 Å². The third-order valence-corrected chi connectivity index (χ3v) is 5.33. The van der Waals surface area contributed by atoms with Crippen LogP contribution in [-0.4, -0.2) is 41.2 Å². The summed E-state index contributed by atoms with van der Waals surface area (Å²) in [5, 5.41) is 15.0. The second-order valence-electron chi connectivity index (χ2n) is 6.15. The molecule has 3 N–H and O–H groups in total. The average Bonchev–Trinajstić information content (AvgIpc) is 2.44. The normalized spacial score (nSPS) is 18.4. The van der Waals surface area contributed by atoms with E-state index in [9.17, 15) is 14.7 Å². The van der Waals surface area contributed by atoms with Gasteiger partial charge in [0.1, 0.15) is 0 Å². The highest BCUT2D eigenvalue weighted by Crippen LogP contribution is 2.35. The number of carbonyl (C=O) groups excluding carboxylic acids is 1. The van der Waals surface area contributed by atoms with Gasteiger partial charge in [-0.25, -0.2) is 4.79 Å². The Balaban J connectivity index is 2.44. The molecule has 1 rings (SSSR count). The fraction of sp³-hybridized carbons (Fsp3) is 0.857. The molecule has 2 amide bonds. The van der Waals surface area contributed by atoms with Crippen LogP contribution in [0.4, 0.5) is 4.79 Å². The Kier molecular flexibility index (Phi) is 6.17. The van der Waals surface area contributed by atoms with Gasteiger partial charge in [0.2, 0.25) is 0 Å². The molecule has 1 fully saturated rings. The number of urea groups is 1. The van der Waals surface area contributed by atoms with E-state index in [4.69, 9.17) is 0 Å². The predicted octanol–water partition coefficient (Wildman–Crippen LogP) is 2.46. The monoisotopic (exact) mass is 302 g/mol. The number of carboxylic acid groups (broad SMARTS) is 1. The quantitative estimate of drug-likeness (QED) is 0.704. The minimum Gasteiger partial charge on any atom is -0.481 e. The van der Waals surface area contributed by atoms with Crippen molar-refractivity contribution in [3.63, 3.8) is 0 Å². The van der Waals surface area contributed by atoms with Crippen LogP contribution in [0, 0.1) is 5.41 Å². The van der Waals surface area contributed by atoms with Crippen molar-refractivity contribution in [3.8, 4) is 0 Å². The van der Waals surface area contributed by atoms with Crippen molar-refractivity contribution in [3.05, 3.63) is 0 Å². The number of carbonyl (C=O) groups is 2. The van der Waals surface area contributed by atoms with E-state index in [1.54, 1.807) is 11.8 Å². The van der Waals surface area contributed by atoms with Crippen LogP contribution < -0.4 is 10.6 Å². The summed E-state index contributed by atoms with van der Waals surface area (Å²) in [4.78, 5) is 23.3. The molecular weight excluding hydrogens is 276 g/mol. The van der Waals surface area contributed by atoms with Gasteiger partial charge in [-0.3, -0.25) is 4.79 Å². The lowest BCUT2D eigenvalue weighted by molar-refractivity contribution is -0.150. The first-order valence-electron chi connectivity index (χ1n) is 7.12. The van der Waals surface area contributed by atoms with Crippen LogP contribution in [0.15, 0.2) is 0 Å². The highest BCUT2D eigenvalue weighted by atomic mass is 32.2. The van der Waals surface area contributed by atoms with Gasteiger partial charge < -0.3 is 15.7 Å². The topological polar surface area (TPSA) is 78.4 Å². The second kappa shape index (κ2) is 7.20. The van der Waals surface area contributed by atoms with Crippen LogP contribution in [0.2, 0.25) is 0 Å². The van der Waals surface area contributed by atoms with Gasteiger partial charge in [0.25, 0.3) is 0 Å². The highest BCUT2D eigenvalue weighted by Gasteiger charge is 2.39. The van der Waals surface area contributed by atoms with E-state index in [1.165, 1.54) is 0 Å². The number of carboxylic acids is 1. The molecule has 6 heteroatoms. The summed E-state index contributed by atoms with van der Waals surface area (Å²) >= 11 is 1.68. The molecule has 5 nitrogen and oxygen atoms in total. The standard InChI is InChI=1S/C14H26N2O3S/c1-13(2,20-3)9-15-12(19)16-10-14(11(17)18)7-5-4-6-8-14/h4-10H2,1-3H3,(H,17,18)(H2,15,16,19). The zero-order valence-corrected chi connectivity index (χ0v) is 13.4. The molecule has 0 bridgehead atoms. The Labute approximate surface area is 125 Å². The van der Waals surface area contributed by atoms with Gasteiger partial charge in [-0.1, -0.05) is 19.3 Å². The van der Waals surface area contributed by atoms with Crippen molar-refractivity contribution in [2.45, 2.75) is 50.7 Å². The zero-order chi connectivity index (χ0) is 15.2. The molecule has 20 heavy (non-hydrogen) atoms. The Morgan fingerprint density at radius 2 is 1.80 bits per heavy atom. The van der Waals surface area contributed by atoms with Crippen LogP contribution >= 0.6 is 11.8 Å². The molecule has 0 aromatic carbocycles. The third-order valence-electron chi connectivity index (χ3n) is 4.08. The lowest BCUT2D eigenvalue weighted by Gasteiger charge is -2.33. The van der Waals surface area contributed by atoms with Crippen molar-refractivity contribution < 1.29 is 14.7 Å². The Morgan fingerprint density at radius 1 is 1.20 bits per heavy atom. The van der Waals surface area contributed by atoms with Gasteiger partial charge in [-0.2, -0.15) is 11.8 Å². The van der Waals surface area contributed by atoms with Crippen LogP contribution in [0.3, 0.4) is 0 Å². The summed E-state index contributed by atoms with van der Waals surface area (Å²) in [6, 6.07) is -0.279. The molecule has 0 saturated heterocycles.